The summed E-state index contributed by atoms with van der Waals surface area (Å²) in [5.74, 6) is 1.95. The van der Waals surface area contributed by atoms with Crippen LogP contribution in [0.5, 0.6) is 17.2 Å². The molecule has 0 aliphatic carbocycles. The smallest absolute Gasteiger partial charge is 0.290 e. The molecule has 2 aromatic carbocycles. The van der Waals surface area contributed by atoms with Gasteiger partial charge in [0.25, 0.3) is 10.4 Å². The summed E-state index contributed by atoms with van der Waals surface area (Å²) >= 11 is 6.77. The van der Waals surface area contributed by atoms with Crippen molar-refractivity contribution in [1.29, 1.82) is 0 Å². The van der Waals surface area contributed by atoms with Gasteiger partial charge in [-0.05, 0) is 49.3 Å². The molecule has 0 amide bonds. The highest BCUT2D eigenvalue weighted by molar-refractivity contribution is 7.71. The van der Waals surface area contributed by atoms with Gasteiger partial charge in [-0.2, -0.15) is 0 Å². The zero-order chi connectivity index (χ0) is 23.1. The first-order chi connectivity index (χ1) is 16.0. The largest absolute Gasteiger partial charge is 0.493 e. The highest BCUT2D eigenvalue weighted by Gasteiger charge is 2.19. The minimum absolute atomic E-state index is 0.0210. The van der Waals surface area contributed by atoms with Gasteiger partial charge in [0, 0.05) is 17.8 Å². The first-order valence-electron chi connectivity index (χ1n) is 10.3. The van der Waals surface area contributed by atoms with Crippen LogP contribution in [0.1, 0.15) is 18.1 Å². The lowest BCUT2D eigenvalue weighted by Gasteiger charge is -2.12. The monoisotopic (exact) mass is 477 g/mol. The number of nitrogens with zero attached hydrogens (tertiary/aromatic N) is 3. The second-order valence-electron chi connectivity index (χ2n) is 7.31. The Morgan fingerprint density at radius 2 is 1.94 bits per heavy atom. The average Bonchev–Trinajstić information content (AvgIpc) is 3.24. The number of rotatable bonds is 5. The molecule has 0 fully saturated rings. The molecule has 0 N–H and O–H groups in total. The molecule has 3 heterocycles. The van der Waals surface area contributed by atoms with E-state index in [0.717, 1.165) is 39.3 Å². The van der Waals surface area contributed by atoms with E-state index < -0.39 is 5.56 Å². The van der Waals surface area contributed by atoms with Crippen LogP contribution in [-0.4, -0.2) is 21.6 Å². The highest BCUT2D eigenvalue weighted by Crippen LogP contribution is 2.37. The predicted molar refractivity (Wildman–Crippen MR) is 131 cm³/mol. The van der Waals surface area contributed by atoms with Gasteiger partial charge in [0.1, 0.15) is 11.5 Å². The van der Waals surface area contributed by atoms with Crippen molar-refractivity contribution >= 4 is 44.9 Å². The van der Waals surface area contributed by atoms with Crippen molar-refractivity contribution in [3.05, 3.63) is 75.0 Å². The summed E-state index contributed by atoms with van der Waals surface area (Å²) in [6.45, 7) is 4.07. The molecule has 0 atom stereocenters. The first-order valence-corrected chi connectivity index (χ1v) is 11.5. The summed E-state index contributed by atoms with van der Waals surface area (Å²) in [5, 5.41) is 0.415. The van der Waals surface area contributed by atoms with Crippen molar-refractivity contribution in [3.63, 3.8) is 0 Å². The van der Waals surface area contributed by atoms with Crippen molar-refractivity contribution < 1.29 is 13.9 Å². The van der Waals surface area contributed by atoms with E-state index in [1.807, 2.05) is 43.3 Å². The van der Waals surface area contributed by atoms with E-state index in [-0.39, 0.29) is 15.9 Å². The van der Waals surface area contributed by atoms with Gasteiger partial charge in [0.15, 0.2) is 11.3 Å². The van der Waals surface area contributed by atoms with Crippen molar-refractivity contribution in [2.75, 3.05) is 7.11 Å². The average molecular weight is 478 g/mol. The van der Waals surface area contributed by atoms with Crippen LogP contribution in [0, 0.1) is 11.8 Å². The number of thiazole rings is 1. The van der Waals surface area contributed by atoms with Crippen LogP contribution in [0.25, 0.3) is 26.4 Å². The summed E-state index contributed by atoms with van der Waals surface area (Å²) in [7, 11) is 1.50. The lowest BCUT2D eigenvalue weighted by Crippen LogP contribution is -2.20. The summed E-state index contributed by atoms with van der Waals surface area (Å²) in [5.41, 5.74) is 2.75. The van der Waals surface area contributed by atoms with Gasteiger partial charge in [-0.15, -0.1) is 0 Å². The molecule has 0 saturated heterocycles. The lowest BCUT2D eigenvalue weighted by molar-refractivity contribution is 0.404. The number of methoxy groups -OCH3 is 1. The number of hydrogen-bond donors (Lipinski definition) is 0. The lowest BCUT2D eigenvalue weighted by atomic mass is 10.1. The molecular formula is C24H19N3O4S2. The van der Waals surface area contributed by atoms with Gasteiger partial charge < -0.3 is 13.9 Å². The fraction of sp³-hybridized carbons (Fsp3) is 0.167. The Morgan fingerprint density at radius 3 is 2.70 bits per heavy atom. The topological polar surface area (TPSA) is 79.4 Å². The van der Waals surface area contributed by atoms with Crippen LogP contribution in [-0.2, 0) is 6.42 Å². The third kappa shape index (κ3) is 3.59. The van der Waals surface area contributed by atoms with E-state index in [9.17, 15) is 4.79 Å². The summed E-state index contributed by atoms with van der Waals surface area (Å²) in [6.07, 6.45) is 2.23. The molecule has 0 spiro atoms. The fourth-order valence-corrected chi connectivity index (χ4v) is 5.14. The van der Waals surface area contributed by atoms with Crippen molar-refractivity contribution in [3.8, 4) is 22.4 Å². The molecule has 0 aliphatic heterocycles. The predicted octanol–water partition coefficient (Wildman–Crippen LogP) is 5.99. The molecule has 5 rings (SSSR count). The molecule has 0 unspecified atom stereocenters. The number of ether oxygens (including phenoxy) is 2. The maximum Gasteiger partial charge on any atom is 0.290 e. The Hall–Kier alpha value is -3.56. The van der Waals surface area contributed by atoms with Gasteiger partial charge in [-0.3, -0.25) is 4.79 Å². The molecule has 7 nitrogen and oxygen atoms in total. The Labute approximate surface area is 197 Å². The quantitative estimate of drug-likeness (QED) is 0.288. The van der Waals surface area contributed by atoms with Gasteiger partial charge in [-0.1, -0.05) is 36.5 Å². The third-order valence-electron chi connectivity index (χ3n) is 5.33. The number of aryl methyl sites for hydroxylation is 2. The second-order valence-corrected chi connectivity index (χ2v) is 8.63. The van der Waals surface area contributed by atoms with Gasteiger partial charge >= 0.3 is 0 Å². The number of aromatic nitrogens is 3. The van der Waals surface area contributed by atoms with Crippen molar-refractivity contribution in [1.82, 2.24) is 14.5 Å². The Kier molecular flexibility index (Phi) is 5.43. The molecule has 166 valence electrons. The molecule has 3 aromatic heterocycles. The number of pyridine rings is 1. The SMILES string of the molecule is CCc1c(Oc2ccccc2C)ccc2nc(-n3c(=S)oc4c(OC)ccnc4c3=O)sc12. The number of fused-ring (bicyclic) bond motifs is 2. The van der Waals surface area contributed by atoms with E-state index in [1.165, 1.54) is 29.2 Å². The van der Waals surface area contributed by atoms with Gasteiger partial charge in [0.05, 0.1) is 17.3 Å². The number of benzene rings is 2. The molecule has 0 aliphatic rings. The maximum absolute atomic E-state index is 13.3. The highest BCUT2D eigenvalue weighted by atomic mass is 32.1. The van der Waals surface area contributed by atoms with Crippen LogP contribution in [0.15, 0.2) is 57.9 Å². The van der Waals surface area contributed by atoms with E-state index in [0.29, 0.717) is 10.9 Å². The van der Waals surface area contributed by atoms with E-state index in [1.54, 1.807) is 6.07 Å². The molecule has 0 saturated carbocycles. The minimum atomic E-state index is -0.409. The van der Waals surface area contributed by atoms with Crippen molar-refractivity contribution in [2.24, 2.45) is 0 Å². The zero-order valence-electron chi connectivity index (χ0n) is 18.1. The number of para-hydroxylation sites is 1. The molecule has 33 heavy (non-hydrogen) atoms. The second kappa shape index (κ2) is 8.42. The normalized spacial score (nSPS) is 11.2. The van der Waals surface area contributed by atoms with Crippen LogP contribution in [0.2, 0.25) is 0 Å². The van der Waals surface area contributed by atoms with Gasteiger partial charge in [0.2, 0.25) is 10.7 Å². The fourth-order valence-electron chi connectivity index (χ4n) is 3.66. The van der Waals surface area contributed by atoms with Crippen LogP contribution in [0.3, 0.4) is 0 Å². The van der Waals surface area contributed by atoms with E-state index >= 15 is 0 Å². The molecule has 0 radical (unpaired) electrons. The third-order valence-corrected chi connectivity index (χ3v) is 6.71. The maximum atomic E-state index is 13.3. The summed E-state index contributed by atoms with van der Waals surface area (Å²) in [6, 6.07) is 13.3. The number of hydrogen-bond acceptors (Lipinski definition) is 8. The Balaban J connectivity index is 1.68. The standard InChI is InChI=1S/C24H19N3O4S2/c1-4-14-17(30-16-8-6-5-7-13(16)2)10-9-15-21(14)33-23(26-15)27-22(28)19-20(31-24(27)32)18(29-3)11-12-25-19/h5-12H,4H2,1-3H3. The summed E-state index contributed by atoms with van der Waals surface area (Å²) < 4.78 is 19.5. The van der Waals surface area contributed by atoms with Crippen LogP contribution in [0.4, 0.5) is 0 Å². The Bertz CT molecular complexity index is 1640. The Morgan fingerprint density at radius 1 is 1.12 bits per heavy atom. The van der Waals surface area contributed by atoms with E-state index in [4.69, 9.17) is 26.1 Å². The molecular weight excluding hydrogens is 458 g/mol. The van der Waals surface area contributed by atoms with E-state index in [2.05, 4.69) is 16.9 Å². The van der Waals surface area contributed by atoms with Crippen molar-refractivity contribution in [2.45, 2.75) is 20.3 Å². The zero-order valence-corrected chi connectivity index (χ0v) is 19.8. The van der Waals surface area contributed by atoms with Crippen LogP contribution >= 0.6 is 23.6 Å². The van der Waals surface area contributed by atoms with Gasteiger partial charge in [-0.25, -0.2) is 14.5 Å². The first kappa shape index (κ1) is 21.3. The minimum Gasteiger partial charge on any atom is -0.493 e. The molecule has 0 bridgehead atoms. The summed E-state index contributed by atoms with van der Waals surface area (Å²) in [4.78, 5) is 22.1. The molecule has 5 aromatic rings. The van der Waals surface area contributed by atoms with Crippen LogP contribution < -0.4 is 15.0 Å². The molecule has 9 heteroatoms.